The Morgan fingerprint density at radius 1 is 0.564 bits per heavy atom. The number of hydrogen-bond donors (Lipinski definition) is 3. The van der Waals surface area contributed by atoms with Crippen molar-refractivity contribution >= 4 is 37.1 Å². The molecule has 0 amide bonds. The molecule has 0 fully saturated rings. The molecule has 0 heterocycles. The van der Waals surface area contributed by atoms with Gasteiger partial charge in [0.15, 0.2) is 0 Å². The number of aryl methyl sites for hydroxylation is 4. The summed E-state index contributed by atoms with van der Waals surface area (Å²) in [6.07, 6.45) is 0. The number of oxime groups is 1. The van der Waals surface area contributed by atoms with Gasteiger partial charge in [-0.25, -0.2) is 16.8 Å². The van der Waals surface area contributed by atoms with Crippen molar-refractivity contribution in [3.05, 3.63) is 106 Å². The molecule has 8 nitrogen and oxygen atoms in total. The number of rotatable bonds is 6. The molecule has 1 aliphatic rings. The Morgan fingerprint density at radius 3 is 1.33 bits per heavy atom. The fourth-order valence-electron chi connectivity index (χ4n) is 4.76. The summed E-state index contributed by atoms with van der Waals surface area (Å²) in [5.41, 5.74) is 6.65. The van der Waals surface area contributed by atoms with Crippen molar-refractivity contribution in [2.75, 3.05) is 9.44 Å². The SMILES string of the molecule is Cc1ccc(NS(=O)(=O)c2ccc3c(c2)C(=NO)c2cc(S(=O)(=O)Nc4ccc(C)cc4C)ccc2-3)c(C)c1. The molecule has 39 heavy (non-hydrogen) atoms. The monoisotopic (exact) mass is 561 g/mol. The topological polar surface area (TPSA) is 125 Å². The first-order valence-corrected chi connectivity index (χ1v) is 15.1. The van der Waals surface area contributed by atoms with Gasteiger partial charge >= 0.3 is 0 Å². The van der Waals surface area contributed by atoms with Crippen LogP contribution >= 0.6 is 0 Å². The number of anilines is 2. The van der Waals surface area contributed by atoms with Gasteiger partial charge in [-0.2, -0.15) is 0 Å². The summed E-state index contributed by atoms with van der Waals surface area (Å²) in [6, 6.07) is 19.9. The smallest absolute Gasteiger partial charge is 0.261 e. The molecular weight excluding hydrogens is 534 g/mol. The summed E-state index contributed by atoms with van der Waals surface area (Å²) >= 11 is 0. The second kappa shape index (κ2) is 9.55. The van der Waals surface area contributed by atoms with Crippen molar-refractivity contribution in [1.82, 2.24) is 0 Å². The molecule has 0 aliphatic heterocycles. The van der Waals surface area contributed by atoms with Gasteiger partial charge in [-0.15, -0.1) is 0 Å². The molecule has 1 aliphatic carbocycles. The van der Waals surface area contributed by atoms with E-state index in [-0.39, 0.29) is 15.5 Å². The minimum atomic E-state index is -3.95. The zero-order chi connectivity index (χ0) is 28.1. The highest BCUT2D eigenvalue weighted by Gasteiger charge is 2.30. The van der Waals surface area contributed by atoms with Crippen molar-refractivity contribution in [2.24, 2.45) is 5.16 Å². The third-order valence-electron chi connectivity index (χ3n) is 6.76. The van der Waals surface area contributed by atoms with E-state index in [0.717, 1.165) is 22.3 Å². The van der Waals surface area contributed by atoms with E-state index < -0.39 is 20.0 Å². The normalized spacial score (nSPS) is 12.6. The van der Waals surface area contributed by atoms with Gasteiger partial charge in [0.1, 0.15) is 5.71 Å². The highest BCUT2D eigenvalue weighted by Crippen LogP contribution is 2.39. The van der Waals surface area contributed by atoms with Crippen molar-refractivity contribution < 1.29 is 22.0 Å². The summed E-state index contributed by atoms with van der Waals surface area (Å²) in [5, 5.41) is 13.3. The van der Waals surface area contributed by atoms with Crippen molar-refractivity contribution in [2.45, 2.75) is 37.5 Å². The van der Waals surface area contributed by atoms with Crippen LogP contribution in [-0.4, -0.2) is 27.8 Å². The van der Waals surface area contributed by atoms with E-state index in [2.05, 4.69) is 14.6 Å². The lowest BCUT2D eigenvalue weighted by Gasteiger charge is -2.12. The molecule has 0 radical (unpaired) electrons. The molecule has 0 atom stereocenters. The fraction of sp³-hybridized carbons (Fsp3) is 0.138. The van der Waals surface area contributed by atoms with Gasteiger partial charge in [0.05, 0.1) is 21.2 Å². The summed E-state index contributed by atoms with van der Waals surface area (Å²) < 4.78 is 58.1. The molecule has 0 unspecified atom stereocenters. The van der Waals surface area contributed by atoms with Crippen LogP contribution in [0.15, 0.2) is 87.7 Å². The second-order valence-electron chi connectivity index (χ2n) is 9.71. The minimum Gasteiger partial charge on any atom is -0.410 e. The summed E-state index contributed by atoms with van der Waals surface area (Å²) in [7, 11) is -7.91. The van der Waals surface area contributed by atoms with E-state index in [1.54, 1.807) is 24.3 Å². The van der Waals surface area contributed by atoms with E-state index in [1.807, 2.05) is 52.0 Å². The van der Waals surface area contributed by atoms with Crippen LogP contribution in [0.25, 0.3) is 11.1 Å². The van der Waals surface area contributed by atoms with E-state index >= 15 is 0 Å². The predicted molar refractivity (Wildman–Crippen MR) is 153 cm³/mol. The number of nitrogens with one attached hydrogen (secondary N) is 2. The van der Waals surface area contributed by atoms with Crippen LogP contribution in [-0.2, 0) is 20.0 Å². The zero-order valence-corrected chi connectivity index (χ0v) is 23.4. The lowest BCUT2D eigenvalue weighted by atomic mass is 10.1. The average molecular weight is 562 g/mol. The molecule has 0 saturated carbocycles. The Morgan fingerprint density at radius 2 is 0.974 bits per heavy atom. The standard InChI is InChI=1S/C29H27N3O5S2/c1-17-5-11-27(19(3)13-17)31-38(34,35)21-7-9-23-24-10-8-22(16-26(24)29(30-33)25(23)15-21)39(36,37)32-28-12-6-18(2)14-20(28)4/h5-16,31-33H,1-4H3. The number of hydrogen-bond acceptors (Lipinski definition) is 6. The van der Waals surface area contributed by atoms with E-state index in [1.165, 1.54) is 24.3 Å². The predicted octanol–water partition coefficient (Wildman–Crippen LogP) is 5.73. The summed E-state index contributed by atoms with van der Waals surface area (Å²) in [5.74, 6) is 0. The van der Waals surface area contributed by atoms with E-state index in [4.69, 9.17) is 0 Å². The molecule has 10 heteroatoms. The molecule has 0 saturated heterocycles. The van der Waals surface area contributed by atoms with Crippen LogP contribution in [0.1, 0.15) is 33.4 Å². The molecule has 0 bridgehead atoms. The van der Waals surface area contributed by atoms with E-state index in [9.17, 15) is 22.0 Å². The largest absolute Gasteiger partial charge is 0.410 e. The van der Waals surface area contributed by atoms with Crippen molar-refractivity contribution in [3.8, 4) is 11.1 Å². The highest BCUT2D eigenvalue weighted by molar-refractivity contribution is 7.93. The van der Waals surface area contributed by atoms with Crippen molar-refractivity contribution in [3.63, 3.8) is 0 Å². The van der Waals surface area contributed by atoms with Gasteiger partial charge in [-0.1, -0.05) is 52.7 Å². The molecule has 4 aromatic carbocycles. The van der Waals surface area contributed by atoms with Gasteiger partial charge in [0.2, 0.25) is 0 Å². The van der Waals surface area contributed by atoms with Crippen molar-refractivity contribution in [1.29, 1.82) is 0 Å². The maximum atomic E-state index is 13.2. The fourth-order valence-corrected chi connectivity index (χ4v) is 7.07. The van der Waals surface area contributed by atoms with Gasteiger partial charge < -0.3 is 5.21 Å². The number of nitrogens with zero attached hydrogens (tertiary/aromatic N) is 1. The molecule has 0 spiro atoms. The van der Waals surface area contributed by atoms with Crippen LogP contribution in [0.4, 0.5) is 11.4 Å². The Balaban J connectivity index is 1.50. The zero-order valence-electron chi connectivity index (χ0n) is 21.8. The minimum absolute atomic E-state index is 0.0143. The molecule has 0 aromatic heterocycles. The Labute approximate surface area is 228 Å². The molecule has 3 N–H and O–H groups in total. The van der Waals surface area contributed by atoms with E-state index in [0.29, 0.717) is 33.6 Å². The molecular formula is C29H27N3O5S2. The number of sulfonamides is 2. The lowest BCUT2D eigenvalue weighted by molar-refractivity contribution is 0.320. The van der Waals surface area contributed by atoms with Crippen LogP contribution < -0.4 is 9.44 Å². The third kappa shape index (κ3) is 4.88. The first kappa shape index (κ1) is 26.5. The Bertz CT molecular complexity index is 1760. The summed E-state index contributed by atoms with van der Waals surface area (Å²) in [4.78, 5) is -0.0286. The first-order valence-electron chi connectivity index (χ1n) is 12.1. The first-order chi connectivity index (χ1) is 18.4. The van der Waals surface area contributed by atoms with Gasteiger partial charge in [0.25, 0.3) is 20.0 Å². The summed E-state index contributed by atoms with van der Waals surface area (Å²) in [6.45, 7) is 7.49. The Kier molecular flexibility index (Phi) is 6.48. The number of benzene rings is 4. The van der Waals surface area contributed by atoms with Gasteiger partial charge in [-0.05, 0) is 86.3 Å². The van der Waals surface area contributed by atoms with Gasteiger partial charge in [-0.3, -0.25) is 9.44 Å². The van der Waals surface area contributed by atoms with Crippen LogP contribution in [0.5, 0.6) is 0 Å². The quantitative estimate of drug-likeness (QED) is 0.180. The highest BCUT2D eigenvalue weighted by atomic mass is 32.2. The van der Waals surface area contributed by atoms with Crippen LogP contribution in [0, 0.1) is 27.7 Å². The molecule has 5 rings (SSSR count). The number of fused-ring (bicyclic) bond motifs is 3. The van der Waals surface area contributed by atoms with Gasteiger partial charge in [0, 0.05) is 11.1 Å². The van der Waals surface area contributed by atoms with Crippen LogP contribution in [0.2, 0.25) is 0 Å². The Hall–Kier alpha value is -4.15. The van der Waals surface area contributed by atoms with Crippen LogP contribution in [0.3, 0.4) is 0 Å². The maximum Gasteiger partial charge on any atom is 0.261 e. The second-order valence-corrected chi connectivity index (χ2v) is 13.1. The molecule has 4 aromatic rings. The third-order valence-corrected chi connectivity index (χ3v) is 9.48. The maximum absolute atomic E-state index is 13.2. The molecule has 200 valence electrons. The lowest BCUT2D eigenvalue weighted by Crippen LogP contribution is -2.15. The average Bonchev–Trinajstić information content (AvgIpc) is 3.19.